The maximum Gasteiger partial charge on any atom is 0.0900 e. The van der Waals surface area contributed by atoms with Gasteiger partial charge in [0.2, 0.25) is 0 Å². The van der Waals surface area contributed by atoms with Gasteiger partial charge in [0, 0.05) is 23.9 Å². The number of likely N-dealkylation sites (N-methyl/N-ethyl adjacent to an activating group) is 1. The van der Waals surface area contributed by atoms with Crippen LogP contribution in [0, 0.1) is 6.92 Å². The first-order chi connectivity index (χ1) is 8.60. The topological polar surface area (TPSA) is 36.4 Å². The Morgan fingerprint density at radius 3 is 3.06 bits per heavy atom. The van der Waals surface area contributed by atoms with Gasteiger partial charge in [0.15, 0.2) is 0 Å². The third kappa shape index (κ3) is 3.31. The summed E-state index contributed by atoms with van der Waals surface area (Å²) >= 11 is 1.86. The van der Waals surface area contributed by atoms with Crippen molar-refractivity contribution in [3.05, 3.63) is 15.6 Å². The van der Waals surface area contributed by atoms with E-state index in [4.69, 9.17) is 4.98 Å². The summed E-state index contributed by atoms with van der Waals surface area (Å²) in [5, 5.41) is 10.9. The Morgan fingerprint density at radius 1 is 1.56 bits per heavy atom. The maximum absolute atomic E-state index is 9.70. The fourth-order valence-electron chi connectivity index (χ4n) is 2.75. The SMILES string of the molecule is CC[C@H](O)CN(C)C[C@@H]1CCCc2sc(C)nc21. The number of aliphatic hydroxyl groups is 1. The Morgan fingerprint density at radius 2 is 2.33 bits per heavy atom. The van der Waals surface area contributed by atoms with E-state index in [0.29, 0.717) is 5.92 Å². The van der Waals surface area contributed by atoms with Gasteiger partial charge in [-0.3, -0.25) is 0 Å². The minimum Gasteiger partial charge on any atom is -0.392 e. The number of fused-ring (bicyclic) bond motifs is 1. The molecule has 18 heavy (non-hydrogen) atoms. The fourth-order valence-corrected chi connectivity index (χ4v) is 3.81. The third-order valence-corrected chi connectivity index (χ3v) is 4.75. The van der Waals surface area contributed by atoms with Crippen molar-refractivity contribution in [2.24, 2.45) is 0 Å². The first-order valence-corrected chi connectivity index (χ1v) is 7.74. The summed E-state index contributed by atoms with van der Waals surface area (Å²) < 4.78 is 0. The van der Waals surface area contributed by atoms with Crippen molar-refractivity contribution in [1.29, 1.82) is 0 Å². The number of rotatable bonds is 5. The van der Waals surface area contributed by atoms with Crippen LogP contribution in [0.1, 0.15) is 47.7 Å². The number of aryl methyl sites for hydroxylation is 2. The smallest absolute Gasteiger partial charge is 0.0900 e. The molecule has 1 heterocycles. The van der Waals surface area contributed by atoms with Crippen molar-refractivity contribution in [2.45, 2.75) is 51.6 Å². The quantitative estimate of drug-likeness (QED) is 0.891. The monoisotopic (exact) mass is 268 g/mol. The Labute approximate surface area is 114 Å². The summed E-state index contributed by atoms with van der Waals surface area (Å²) in [6, 6.07) is 0. The zero-order valence-electron chi connectivity index (χ0n) is 11.6. The second kappa shape index (κ2) is 6.13. The van der Waals surface area contributed by atoms with Gasteiger partial charge in [0.25, 0.3) is 0 Å². The van der Waals surface area contributed by atoms with Crippen LogP contribution in [0.15, 0.2) is 0 Å². The van der Waals surface area contributed by atoms with Crippen LogP contribution < -0.4 is 0 Å². The summed E-state index contributed by atoms with van der Waals surface area (Å²) in [6.45, 7) is 5.92. The van der Waals surface area contributed by atoms with E-state index in [-0.39, 0.29) is 6.10 Å². The summed E-state index contributed by atoms with van der Waals surface area (Å²) in [6.07, 6.45) is 4.36. The predicted octanol–water partition coefficient (Wildman–Crippen LogP) is 2.57. The molecule has 3 nitrogen and oxygen atoms in total. The molecule has 1 aliphatic rings. The molecule has 1 aliphatic carbocycles. The van der Waals surface area contributed by atoms with E-state index >= 15 is 0 Å². The van der Waals surface area contributed by atoms with Gasteiger partial charge in [-0.15, -0.1) is 11.3 Å². The van der Waals surface area contributed by atoms with E-state index in [1.807, 2.05) is 18.3 Å². The Bertz CT molecular complexity index is 391. The summed E-state index contributed by atoms with van der Waals surface area (Å²) in [7, 11) is 2.10. The van der Waals surface area contributed by atoms with Crippen molar-refractivity contribution < 1.29 is 5.11 Å². The third-order valence-electron chi connectivity index (χ3n) is 3.70. The fraction of sp³-hybridized carbons (Fsp3) is 0.786. The Kier molecular flexibility index (Phi) is 4.76. The van der Waals surface area contributed by atoms with E-state index in [1.165, 1.54) is 34.8 Å². The first-order valence-electron chi connectivity index (χ1n) is 6.93. The lowest BCUT2D eigenvalue weighted by Crippen LogP contribution is -2.33. The van der Waals surface area contributed by atoms with Gasteiger partial charge in [-0.25, -0.2) is 4.98 Å². The van der Waals surface area contributed by atoms with Crippen LogP contribution >= 0.6 is 11.3 Å². The van der Waals surface area contributed by atoms with Crippen LogP contribution in [0.4, 0.5) is 0 Å². The normalized spacial score (nSPS) is 21.1. The van der Waals surface area contributed by atoms with Gasteiger partial charge in [0.05, 0.1) is 16.8 Å². The molecule has 2 rings (SSSR count). The highest BCUT2D eigenvalue weighted by atomic mass is 32.1. The summed E-state index contributed by atoms with van der Waals surface area (Å²) in [5.41, 5.74) is 1.33. The van der Waals surface area contributed by atoms with Gasteiger partial charge in [-0.2, -0.15) is 0 Å². The molecule has 0 bridgehead atoms. The second-order valence-electron chi connectivity index (χ2n) is 5.41. The van der Waals surface area contributed by atoms with Crippen molar-refractivity contribution in [3.8, 4) is 0 Å². The van der Waals surface area contributed by atoms with Crippen LogP contribution in [-0.4, -0.2) is 41.2 Å². The molecule has 0 aromatic carbocycles. The average Bonchev–Trinajstić information content (AvgIpc) is 2.70. The van der Waals surface area contributed by atoms with Gasteiger partial charge in [-0.1, -0.05) is 6.92 Å². The molecule has 1 aromatic heterocycles. The molecule has 0 amide bonds. The highest BCUT2D eigenvalue weighted by Crippen LogP contribution is 2.34. The Balaban J connectivity index is 1.98. The molecule has 0 spiro atoms. The lowest BCUT2D eigenvalue weighted by Gasteiger charge is -2.27. The Hall–Kier alpha value is -0.450. The molecular formula is C14H24N2OS. The standard InChI is InChI=1S/C14H24N2OS/c1-4-12(17)9-16(3)8-11-6-5-7-13-14(11)15-10(2)18-13/h11-12,17H,4-9H2,1-3H3/t11-,12-/m0/s1. The number of aromatic nitrogens is 1. The number of nitrogens with zero attached hydrogens (tertiary/aromatic N) is 2. The molecule has 0 fully saturated rings. The molecule has 1 N–H and O–H groups in total. The maximum atomic E-state index is 9.70. The first kappa shape index (κ1) is 14.0. The lowest BCUT2D eigenvalue weighted by atomic mass is 9.90. The number of hydrogen-bond donors (Lipinski definition) is 1. The summed E-state index contributed by atoms with van der Waals surface area (Å²) in [4.78, 5) is 8.46. The van der Waals surface area contributed by atoms with E-state index in [0.717, 1.165) is 19.5 Å². The van der Waals surface area contributed by atoms with Crippen molar-refractivity contribution in [2.75, 3.05) is 20.1 Å². The van der Waals surface area contributed by atoms with Gasteiger partial charge in [0.1, 0.15) is 0 Å². The largest absolute Gasteiger partial charge is 0.392 e. The van der Waals surface area contributed by atoms with Gasteiger partial charge in [-0.05, 0) is 39.7 Å². The number of aliphatic hydroxyl groups excluding tert-OH is 1. The van der Waals surface area contributed by atoms with Crippen LogP contribution in [0.3, 0.4) is 0 Å². The number of thiazole rings is 1. The van der Waals surface area contributed by atoms with Crippen LogP contribution in [0.25, 0.3) is 0 Å². The number of hydrogen-bond acceptors (Lipinski definition) is 4. The predicted molar refractivity (Wildman–Crippen MR) is 76.3 cm³/mol. The molecule has 0 radical (unpaired) electrons. The van der Waals surface area contributed by atoms with Crippen molar-refractivity contribution in [1.82, 2.24) is 9.88 Å². The molecule has 0 aliphatic heterocycles. The zero-order valence-corrected chi connectivity index (χ0v) is 12.5. The highest BCUT2D eigenvalue weighted by molar-refractivity contribution is 7.11. The molecule has 102 valence electrons. The van der Waals surface area contributed by atoms with Crippen LogP contribution in [0.2, 0.25) is 0 Å². The highest BCUT2D eigenvalue weighted by Gasteiger charge is 2.25. The van der Waals surface area contributed by atoms with Crippen molar-refractivity contribution in [3.63, 3.8) is 0 Å². The molecule has 4 heteroatoms. The minimum absolute atomic E-state index is 0.199. The molecule has 0 saturated heterocycles. The van der Waals surface area contributed by atoms with E-state index in [9.17, 15) is 5.11 Å². The molecule has 1 aromatic rings. The summed E-state index contributed by atoms with van der Waals surface area (Å²) in [5.74, 6) is 0.563. The zero-order chi connectivity index (χ0) is 13.1. The average molecular weight is 268 g/mol. The second-order valence-corrected chi connectivity index (χ2v) is 6.70. The molecule has 2 atom stereocenters. The lowest BCUT2D eigenvalue weighted by molar-refractivity contribution is 0.118. The molecule has 0 unspecified atom stereocenters. The van der Waals surface area contributed by atoms with E-state index in [2.05, 4.69) is 18.9 Å². The van der Waals surface area contributed by atoms with Crippen LogP contribution in [-0.2, 0) is 6.42 Å². The molecule has 0 saturated carbocycles. The van der Waals surface area contributed by atoms with Crippen LogP contribution in [0.5, 0.6) is 0 Å². The van der Waals surface area contributed by atoms with E-state index in [1.54, 1.807) is 0 Å². The molecular weight excluding hydrogens is 244 g/mol. The van der Waals surface area contributed by atoms with Gasteiger partial charge >= 0.3 is 0 Å². The van der Waals surface area contributed by atoms with Gasteiger partial charge < -0.3 is 10.0 Å². The van der Waals surface area contributed by atoms with E-state index < -0.39 is 0 Å². The van der Waals surface area contributed by atoms with Crippen molar-refractivity contribution >= 4 is 11.3 Å². The minimum atomic E-state index is -0.199.